The SMILES string of the molecule is O=C(c1ccc(S(=O)(=O)NCc2ccco2)cc1)N1CCN(Cc2cccs2)CC1. The van der Waals surface area contributed by atoms with E-state index in [2.05, 4.69) is 27.1 Å². The van der Waals surface area contributed by atoms with Crippen LogP contribution in [0.1, 0.15) is 21.0 Å². The number of amides is 1. The highest BCUT2D eigenvalue weighted by Gasteiger charge is 2.23. The van der Waals surface area contributed by atoms with Crippen molar-refractivity contribution in [1.29, 1.82) is 0 Å². The Morgan fingerprint density at radius 1 is 1.03 bits per heavy atom. The Bertz CT molecular complexity index is 1050. The highest BCUT2D eigenvalue weighted by molar-refractivity contribution is 7.89. The van der Waals surface area contributed by atoms with Crippen LogP contribution in [-0.2, 0) is 23.1 Å². The number of rotatable bonds is 7. The molecule has 9 heteroatoms. The van der Waals surface area contributed by atoms with E-state index in [1.54, 1.807) is 35.6 Å². The molecule has 30 heavy (non-hydrogen) atoms. The number of furan rings is 1. The van der Waals surface area contributed by atoms with Crippen LogP contribution in [0.15, 0.2) is 69.5 Å². The third-order valence-electron chi connectivity index (χ3n) is 5.05. The van der Waals surface area contributed by atoms with Gasteiger partial charge in [-0.25, -0.2) is 13.1 Å². The van der Waals surface area contributed by atoms with Gasteiger partial charge < -0.3 is 9.32 Å². The molecule has 0 spiro atoms. The number of piperazine rings is 1. The van der Waals surface area contributed by atoms with Gasteiger partial charge in [-0.2, -0.15) is 0 Å². The zero-order valence-corrected chi connectivity index (χ0v) is 18.0. The van der Waals surface area contributed by atoms with Crippen LogP contribution in [0, 0.1) is 0 Å². The second-order valence-electron chi connectivity index (χ2n) is 7.08. The van der Waals surface area contributed by atoms with Crippen LogP contribution in [0.3, 0.4) is 0 Å². The van der Waals surface area contributed by atoms with Crippen LogP contribution in [0.5, 0.6) is 0 Å². The van der Waals surface area contributed by atoms with Crippen molar-refractivity contribution in [2.24, 2.45) is 0 Å². The van der Waals surface area contributed by atoms with Crippen LogP contribution in [-0.4, -0.2) is 50.3 Å². The molecule has 0 aliphatic carbocycles. The van der Waals surface area contributed by atoms with Gasteiger partial charge in [-0.3, -0.25) is 9.69 Å². The van der Waals surface area contributed by atoms with E-state index in [4.69, 9.17) is 4.42 Å². The molecule has 158 valence electrons. The maximum Gasteiger partial charge on any atom is 0.253 e. The molecule has 1 fully saturated rings. The van der Waals surface area contributed by atoms with Crippen LogP contribution >= 0.6 is 11.3 Å². The summed E-state index contributed by atoms with van der Waals surface area (Å²) in [7, 11) is -3.68. The minimum absolute atomic E-state index is 0.0710. The monoisotopic (exact) mass is 445 g/mol. The number of hydrogen-bond donors (Lipinski definition) is 1. The van der Waals surface area contributed by atoms with Gasteiger partial charge in [0.15, 0.2) is 0 Å². The van der Waals surface area contributed by atoms with Gasteiger partial charge in [-0.05, 0) is 47.8 Å². The minimum atomic E-state index is -3.68. The summed E-state index contributed by atoms with van der Waals surface area (Å²) < 4.78 is 32.5. The van der Waals surface area contributed by atoms with Crippen molar-refractivity contribution in [1.82, 2.24) is 14.5 Å². The smallest absolute Gasteiger partial charge is 0.253 e. The molecular formula is C21H23N3O4S2. The number of nitrogens with zero attached hydrogens (tertiary/aromatic N) is 2. The lowest BCUT2D eigenvalue weighted by Gasteiger charge is -2.34. The molecular weight excluding hydrogens is 422 g/mol. The molecule has 2 aromatic heterocycles. The van der Waals surface area contributed by atoms with Crippen molar-refractivity contribution in [3.05, 3.63) is 76.4 Å². The first-order valence-corrected chi connectivity index (χ1v) is 12.0. The number of nitrogens with one attached hydrogen (secondary N) is 1. The Hall–Kier alpha value is -2.46. The number of benzene rings is 1. The summed E-state index contributed by atoms with van der Waals surface area (Å²) in [5, 5.41) is 2.07. The quantitative estimate of drug-likeness (QED) is 0.605. The zero-order valence-electron chi connectivity index (χ0n) is 16.4. The van der Waals surface area contributed by atoms with E-state index in [0.717, 1.165) is 19.6 Å². The molecule has 3 heterocycles. The van der Waals surface area contributed by atoms with Crippen LogP contribution < -0.4 is 4.72 Å². The molecule has 1 saturated heterocycles. The van der Waals surface area contributed by atoms with Crippen molar-refractivity contribution < 1.29 is 17.6 Å². The summed E-state index contributed by atoms with van der Waals surface area (Å²) in [5.74, 6) is 0.460. The minimum Gasteiger partial charge on any atom is -0.468 e. The van der Waals surface area contributed by atoms with Gasteiger partial charge in [0.25, 0.3) is 5.91 Å². The molecule has 0 atom stereocenters. The van der Waals surface area contributed by atoms with Gasteiger partial charge in [0.2, 0.25) is 10.0 Å². The largest absolute Gasteiger partial charge is 0.468 e. The van der Waals surface area contributed by atoms with Crippen molar-refractivity contribution in [3.8, 4) is 0 Å². The zero-order chi connectivity index (χ0) is 21.0. The van der Waals surface area contributed by atoms with Crippen LogP contribution in [0.25, 0.3) is 0 Å². The van der Waals surface area contributed by atoms with E-state index >= 15 is 0 Å². The van der Waals surface area contributed by atoms with Crippen LogP contribution in [0.4, 0.5) is 0 Å². The molecule has 3 aromatic rings. The van der Waals surface area contributed by atoms with Gasteiger partial charge in [0.05, 0.1) is 17.7 Å². The Morgan fingerprint density at radius 2 is 1.80 bits per heavy atom. The Kier molecular flexibility index (Phi) is 6.33. The summed E-state index contributed by atoms with van der Waals surface area (Å²) in [4.78, 5) is 18.4. The molecule has 0 unspecified atom stereocenters. The Balaban J connectivity index is 1.33. The predicted octanol–water partition coefficient (Wildman–Crippen LogP) is 2.78. The first kappa shape index (κ1) is 20.8. The number of carbonyl (C=O) groups is 1. The van der Waals surface area contributed by atoms with E-state index in [1.165, 1.54) is 23.3 Å². The summed E-state index contributed by atoms with van der Waals surface area (Å²) in [6, 6.07) is 13.6. The fourth-order valence-electron chi connectivity index (χ4n) is 3.35. The van der Waals surface area contributed by atoms with E-state index in [1.807, 2.05) is 4.90 Å². The third-order valence-corrected chi connectivity index (χ3v) is 7.33. The van der Waals surface area contributed by atoms with Gasteiger partial charge in [-0.15, -0.1) is 11.3 Å². The molecule has 0 bridgehead atoms. The fourth-order valence-corrected chi connectivity index (χ4v) is 5.09. The average molecular weight is 446 g/mol. The standard InChI is InChI=1S/C21H23N3O4S2/c25-21(24-11-9-23(10-12-24)16-19-4-2-14-29-19)17-5-7-20(8-6-17)30(26,27)22-15-18-3-1-13-28-18/h1-8,13-14,22H,9-12,15-16H2. The number of sulfonamides is 1. The third kappa shape index (κ3) is 4.99. The van der Waals surface area contributed by atoms with Crippen molar-refractivity contribution in [3.63, 3.8) is 0 Å². The summed E-state index contributed by atoms with van der Waals surface area (Å²) in [6.45, 7) is 3.96. The maximum atomic E-state index is 12.8. The first-order valence-electron chi connectivity index (χ1n) is 9.67. The normalized spacial score (nSPS) is 15.4. The summed E-state index contributed by atoms with van der Waals surface area (Å²) in [6.07, 6.45) is 1.49. The second kappa shape index (κ2) is 9.13. The lowest BCUT2D eigenvalue weighted by atomic mass is 10.2. The van der Waals surface area contributed by atoms with Gasteiger partial charge in [-0.1, -0.05) is 6.07 Å². The molecule has 1 aliphatic rings. The number of thiophene rings is 1. The topological polar surface area (TPSA) is 82.9 Å². The molecule has 7 nitrogen and oxygen atoms in total. The average Bonchev–Trinajstić information content (AvgIpc) is 3.47. The number of carbonyl (C=O) groups excluding carboxylic acids is 1. The van der Waals surface area contributed by atoms with E-state index in [0.29, 0.717) is 24.4 Å². The van der Waals surface area contributed by atoms with Crippen molar-refractivity contribution in [2.45, 2.75) is 18.0 Å². The summed E-state index contributed by atoms with van der Waals surface area (Å²) in [5.41, 5.74) is 0.492. The highest BCUT2D eigenvalue weighted by atomic mass is 32.2. The van der Waals surface area contributed by atoms with Gasteiger partial charge in [0.1, 0.15) is 5.76 Å². The molecule has 0 radical (unpaired) electrons. The molecule has 1 aliphatic heterocycles. The lowest BCUT2D eigenvalue weighted by molar-refractivity contribution is 0.0629. The van der Waals surface area contributed by atoms with Gasteiger partial charge in [0, 0.05) is 43.2 Å². The van der Waals surface area contributed by atoms with Crippen molar-refractivity contribution in [2.75, 3.05) is 26.2 Å². The van der Waals surface area contributed by atoms with E-state index in [-0.39, 0.29) is 17.3 Å². The molecule has 1 N–H and O–H groups in total. The fraction of sp³-hybridized carbons (Fsp3) is 0.286. The van der Waals surface area contributed by atoms with Gasteiger partial charge >= 0.3 is 0 Å². The second-order valence-corrected chi connectivity index (χ2v) is 9.88. The molecule has 1 amide bonds. The Labute approximate surface area is 180 Å². The van der Waals surface area contributed by atoms with Crippen LogP contribution in [0.2, 0.25) is 0 Å². The number of hydrogen-bond acceptors (Lipinski definition) is 6. The molecule has 4 rings (SSSR count). The molecule has 0 saturated carbocycles. The van der Waals surface area contributed by atoms with E-state index < -0.39 is 10.0 Å². The van der Waals surface area contributed by atoms with Crippen molar-refractivity contribution >= 4 is 27.3 Å². The lowest BCUT2D eigenvalue weighted by Crippen LogP contribution is -2.48. The first-order chi connectivity index (χ1) is 14.5. The predicted molar refractivity (Wildman–Crippen MR) is 115 cm³/mol. The summed E-state index contributed by atoms with van der Waals surface area (Å²) >= 11 is 1.74. The Morgan fingerprint density at radius 3 is 2.43 bits per heavy atom. The molecule has 1 aromatic carbocycles. The highest BCUT2D eigenvalue weighted by Crippen LogP contribution is 2.16. The van der Waals surface area contributed by atoms with E-state index in [9.17, 15) is 13.2 Å². The maximum absolute atomic E-state index is 12.8.